The van der Waals surface area contributed by atoms with Crippen molar-refractivity contribution in [3.05, 3.63) is 11.3 Å². The molecule has 3 rings (SSSR count). The molecule has 2 heterocycles. The zero-order chi connectivity index (χ0) is 11.3. The zero-order valence-corrected chi connectivity index (χ0v) is 10.6. The Kier molecular flexibility index (Phi) is 2.32. The molecular weight excluding hydrogens is 200 g/mol. The topological polar surface area (TPSA) is 18.5 Å². The highest BCUT2D eigenvalue weighted by atomic mass is 16.6. The normalized spacial score (nSPS) is 46.6. The van der Waals surface area contributed by atoms with Gasteiger partial charge in [0.05, 0.1) is 11.9 Å². The highest BCUT2D eigenvalue weighted by Gasteiger charge is 2.58. The first kappa shape index (κ1) is 10.6. The van der Waals surface area contributed by atoms with Crippen LogP contribution in [-0.2, 0) is 9.47 Å². The van der Waals surface area contributed by atoms with Crippen molar-refractivity contribution in [1.82, 2.24) is 0 Å². The van der Waals surface area contributed by atoms with Crippen molar-refractivity contribution in [3.63, 3.8) is 0 Å². The fourth-order valence-corrected chi connectivity index (χ4v) is 4.29. The maximum atomic E-state index is 6.33. The average Bonchev–Trinajstić information content (AvgIpc) is 2.47. The molecule has 1 aliphatic carbocycles. The number of hydrogen-bond donors (Lipinski definition) is 0. The molecule has 1 saturated carbocycles. The van der Waals surface area contributed by atoms with E-state index in [2.05, 4.69) is 13.8 Å². The maximum Gasteiger partial charge on any atom is 0.141 e. The van der Waals surface area contributed by atoms with Crippen molar-refractivity contribution in [1.29, 1.82) is 0 Å². The van der Waals surface area contributed by atoms with Crippen LogP contribution in [0.2, 0.25) is 0 Å². The van der Waals surface area contributed by atoms with Gasteiger partial charge >= 0.3 is 0 Å². The quantitative estimate of drug-likeness (QED) is 0.678. The Morgan fingerprint density at radius 3 is 2.94 bits per heavy atom. The standard InChI is InChI=1S/C14H22O2/c1-9-6-7-11-10(2)12-5-4-8-14(11,16-12)13(9)15-3/h9,11,13H,4-8H2,1-3H3. The van der Waals surface area contributed by atoms with Crippen molar-refractivity contribution < 1.29 is 9.47 Å². The third-order valence-electron chi connectivity index (χ3n) is 5.00. The van der Waals surface area contributed by atoms with Crippen molar-refractivity contribution in [2.75, 3.05) is 7.11 Å². The third kappa shape index (κ3) is 1.17. The SMILES string of the molecule is COC1C(C)CCC2C(C)=C3CCCC21O3. The lowest BCUT2D eigenvalue weighted by Gasteiger charge is -2.49. The van der Waals surface area contributed by atoms with Crippen molar-refractivity contribution >= 4 is 0 Å². The van der Waals surface area contributed by atoms with Gasteiger partial charge in [0.25, 0.3) is 0 Å². The van der Waals surface area contributed by atoms with Crippen LogP contribution in [0.5, 0.6) is 0 Å². The molecule has 90 valence electrons. The van der Waals surface area contributed by atoms with E-state index < -0.39 is 0 Å². The molecule has 0 aromatic heterocycles. The lowest BCUT2D eigenvalue weighted by molar-refractivity contribution is -0.171. The molecule has 0 aromatic rings. The van der Waals surface area contributed by atoms with Crippen molar-refractivity contribution in [2.24, 2.45) is 11.8 Å². The van der Waals surface area contributed by atoms with E-state index in [1.165, 1.54) is 37.0 Å². The van der Waals surface area contributed by atoms with Crippen LogP contribution in [0.3, 0.4) is 0 Å². The molecule has 2 aliphatic heterocycles. The average molecular weight is 222 g/mol. The smallest absolute Gasteiger partial charge is 0.141 e. The predicted molar refractivity (Wildman–Crippen MR) is 63.1 cm³/mol. The van der Waals surface area contributed by atoms with Crippen LogP contribution in [-0.4, -0.2) is 18.8 Å². The van der Waals surface area contributed by atoms with Crippen molar-refractivity contribution in [3.8, 4) is 0 Å². The summed E-state index contributed by atoms with van der Waals surface area (Å²) in [6, 6.07) is 0. The molecule has 0 radical (unpaired) electrons. The summed E-state index contributed by atoms with van der Waals surface area (Å²) in [7, 11) is 1.85. The molecule has 16 heavy (non-hydrogen) atoms. The molecule has 2 bridgehead atoms. The van der Waals surface area contributed by atoms with Gasteiger partial charge in [-0.3, -0.25) is 0 Å². The van der Waals surface area contributed by atoms with Gasteiger partial charge in [0.15, 0.2) is 0 Å². The Labute approximate surface area is 98.0 Å². The Balaban J connectivity index is 2.01. The van der Waals surface area contributed by atoms with Gasteiger partial charge in [-0.15, -0.1) is 0 Å². The van der Waals surface area contributed by atoms with Crippen LogP contribution >= 0.6 is 0 Å². The number of rotatable bonds is 1. The van der Waals surface area contributed by atoms with Crippen LogP contribution < -0.4 is 0 Å². The molecule has 2 nitrogen and oxygen atoms in total. The number of hydrogen-bond acceptors (Lipinski definition) is 2. The first-order valence-corrected chi connectivity index (χ1v) is 6.60. The van der Waals surface area contributed by atoms with E-state index in [0.29, 0.717) is 17.9 Å². The Morgan fingerprint density at radius 2 is 2.19 bits per heavy atom. The van der Waals surface area contributed by atoms with Gasteiger partial charge in [0, 0.05) is 19.4 Å². The van der Waals surface area contributed by atoms with E-state index in [1.807, 2.05) is 7.11 Å². The second-order valence-corrected chi connectivity index (χ2v) is 5.78. The highest BCUT2D eigenvalue weighted by molar-refractivity contribution is 5.27. The highest BCUT2D eigenvalue weighted by Crippen LogP contribution is 2.56. The fraction of sp³-hybridized carbons (Fsp3) is 0.857. The Bertz CT molecular complexity index is 334. The van der Waals surface area contributed by atoms with E-state index in [1.54, 1.807) is 0 Å². The van der Waals surface area contributed by atoms with Crippen molar-refractivity contribution in [2.45, 2.75) is 57.7 Å². The first-order valence-electron chi connectivity index (χ1n) is 6.60. The summed E-state index contributed by atoms with van der Waals surface area (Å²) in [5, 5.41) is 0. The lowest BCUT2D eigenvalue weighted by Crippen LogP contribution is -2.55. The summed E-state index contributed by atoms with van der Waals surface area (Å²) >= 11 is 0. The van der Waals surface area contributed by atoms with E-state index in [0.717, 1.165) is 6.42 Å². The van der Waals surface area contributed by atoms with E-state index in [9.17, 15) is 0 Å². The van der Waals surface area contributed by atoms with Gasteiger partial charge in [-0.05, 0) is 44.1 Å². The Hall–Kier alpha value is -0.500. The van der Waals surface area contributed by atoms with Crippen LogP contribution in [0.1, 0.15) is 46.0 Å². The molecule has 4 unspecified atom stereocenters. The minimum Gasteiger partial charge on any atom is -0.488 e. The fourth-order valence-electron chi connectivity index (χ4n) is 4.29. The van der Waals surface area contributed by atoms with Gasteiger partial charge in [0.2, 0.25) is 0 Å². The summed E-state index contributed by atoms with van der Waals surface area (Å²) in [6.45, 7) is 4.58. The summed E-state index contributed by atoms with van der Waals surface area (Å²) in [4.78, 5) is 0. The summed E-state index contributed by atoms with van der Waals surface area (Å²) < 4.78 is 12.1. The predicted octanol–water partition coefficient (Wildman–Crippen LogP) is 3.27. The van der Waals surface area contributed by atoms with E-state index in [-0.39, 0.29) is 5.60 Å². The molecular formula is C14H22O2. The molecule has 0 N–H and O–H groups in total. The number of ether oxygens (including phenoxy) is 2. The largest absolute Gasteiger partial charge is 0.488 e. The minimum absolute atomic E-state index is 0.00405. The number of fused-ring (bicyclic) bond motifs is 1. The van der Waals surface area contributed by atoms with Crippen LogP contribution in [0.4, 0.5) is 0 Å². The molecule has 1 saturated heterocycles. The summed E-state index contributed by atoms with van der Waals surface area (Å²) in [5.74, 6) is 2.55. The molecule has 0 amide bonds. The summed E-state index contributed by atoms with van der Waals surface area (Å²) in [6.07, 6.45) is 6.46. The molecule has 2 fully saturated rings. The lowest BCUT2D eigenvalue weighted by atomic mass is 9.66. The number of allylic oxidation sites excluding steroid dienone is 1. The molecule has 1 spiro atoms. The maximum absolute atomic E-state index is 6.33. The van der Waals surface area contributed by atoms with Crippen LogP contribution in [0.15, 0.2) is 11.3 Å². The second kappa shape index (κ2) is 3.49. The zero-order valence-electron chi connectivity index (χ0n) is 10.6. The van der Waals surface area contributed by atoms with Gasteiger partial charge in [0.1, 0.15) is 5.60 Å². The molecule has 3 aliphatic rings. The van der Waals surface area contributed by atoms with Gasteiger partial charge in [-0.25, -0.2) is 0 Å². The minimum atomic E-state index is 0.00405. The number of methoxy groups -OCH3 is 1. The monoisotopic (exact) mass is 222 g/mol. The van der Waals surface area contributed by atoms with Gasteiger partial charge < -0.3 is 9.47 Å². The van der Waals surface area contributed by atoms with E-state index in [4.69, 9.17) is 9.47 Å². The first-order chi connectivity index (χ1) is 7.69. The molecule has 2 heteroatoms. The summed E-state index contributed by atoms with van der Waals surface area (Å²) in [5.41, 5.74) is 1.52. The molecule has 4 atom stereocenters. The second-order valence-electron chi connectivity index (χ2n) is 5.78. The third-order valence-corrected chi connectivity index (χ3v) is 5.00. The van der Waals surface area contributed by atoms with Gasteiger partial charge in [-0.2, -0.15) is 0 Å². The van der Waals surface area contributed by atoms with Gasteiger partial charge in [-0.1, -0.05) is 6.92 Å². The Morgan fingerprint density at radius 1 is 1.38 bits per heavy atom. The van der Waals surface area contributed by atoms with Crippen LogP contribution in [0.25, 0.3) is 0 Å². The van der Waals surface area contributed by atoms with E-state index >= 15 is 0 Å². The molecule has 0 aromatic carbocycles. The van der Waals surface area contributed by atoms with Crippen LogP contribution in [0, 0.1) is 11.8 Å².